The molecular formula is C12H8ClF6N3. The smallest absolute Gasteiger partial charge is 0.251 e. The summed E-state index contributed by atoms with van der Waals surface area (Å²) in [5, 5.41) is 3.49. The zero-order valence-electron chi connectivity index (χ0n) is 10.7. The van der Waals surface area contributed by atoms with E-state index in [0.29, 0.717) is 0 Å². The number of benzene rings is 1. The van der Waals surface area contributed by atoms with Gasteiger partial charge in [0, 0.05) is 0 Å². The Bertz CT molecular complexity index is 625. The van der Waals surface area contributed by atoms with Crippen molar-refractivity contribution in [3.63, 3.8) is 0 Å². The summed E-state index contributed by atoms with van der Waals surface area (Å²) in [6.45, 7) is -1.01. The van der Waals surface area contributed by atoms with Gasteiger partial charge in [-0.05, 0) is 17.7 Å². The summed E-state index contributed by atoms with van der Waals surface area (Å²) in [5.74, 6) is -6.08. The Morgan fingerprint density at radius 3 is 2.09 bits per heavy atom. The van der Waals surface area contributed by atoms with Gasteiger partial charge < -0.3 is 0 Å². The van der Waals surface area contributed by atoms with E-state index in [9.17, 15) is 26.3 Å². The molecule has 1 aromatic carbocycles. The van der Waals surface area contributed by atoms with Crippen molar-refractivity contribution in [1.82, 2.24) is 14.8 Å². The van der Waals surface area contributed by atoms with Gasteiger partial charge in [0.15, 0.2) is 4.87 Å². The summed E-state index contributed by atoms with van der Waals surface area (Å²) in [7, 11) is 0. The lowest BCUT2D eigenvalue weighted by atomic mass is 9.90. The minimum atomic E-state index is -5.90. The lowest BCUT2D eigenvalue weighted by Gasteiger charge is -2.36. The van der Waals surface area contributed by atoms with Crippen LogP contribution >= 0.6 is 11.6 Å². The highest BCUT2D eigenvalue weighted by Crippen LogP contribution is 2.53. The molecule has 0 aliphatic carbocycles. The first-order valence-corrected chi connectivity index (χ1v) is 6.17. The molecule has 0 radical (unpaired) electrons. The van der Waals surface area contributed by atoms with E-state index >= 15 is 0 Å². The van der Waals surface area contributed by atoms with Crippen LogP contribution in [0.5, 0.6) is 0 Å². The molecule has 0 N–H and O–H groups in total. The average molecular weight is 344 g/mol. The fraction of sp³-hybridized carbons (Fsp3) is 0.333. The van der Waals surface area contributed by atoms with Crippen molar-refractivity contribution >= 4 is 11.6 Å². The van der Waals surface area contributed by atoms with Crippen LogP contribution in [0.4, 0.5) is 26.3 Å². The lowest BCUT2D eigenvalue weighted by molar-refractivity contribution is -0.299. The van der Waals surface area contributed by atoms with Gasteiger partial charge >= 0.3 is 12.1 Å². The molecule has 0 saturated heterocycles. The molecule has 0 amide bonds. The number of hydrogen-bond acceptors (Lipinski definition) is 2. The van der Waals surface area contributed by atoms with Crippen molar-refractivity contribution in [1.29, 1.82) is 0 Å². The molecule has 10 heteroatoms. The van der Waals surface area contributed by atoms with Crippen molar-refractivity contribution in [3.8, 4) is 0 Å². The van der Waals surface area contributed by atoms with Crippen LogP contribution in [-0.4, -0.2) is 26.9 Å². The van der Waals surface area contributed by atoms with E-state index in [-0.39, 0.29) is 0 Å². The molecule has 0 spiro atoms. The Labute approximate surface area is 125 Å². The third-order valence-corrected chi connectivity index (χ3v) is 3.58. The Balaban J connectivity index is 2.55. The molecule has 1 atom stereocenters. The first kappa shape index (κ1) is 16.6. The van der Waals surface area contributed by atoms with Gasteiger partial charge in [0.05, 0.1) is 6.54 Å². The quantitative estimate of drug-likeness (QED) is 0.625. The molecule has 0 saturated carbocycles. The first-order valence-electron chi connectivity index (χ1n) is 5.80. The third-order valence-electron chi connectivity index (χ3n) is 3.00. The Kier molecular flexibility index (Phi) is 4.12. The average Bonchev–Trinajstić information content (AvgIpc) is 2.90. The maximum atomic E-state index is 13.9. The highest BCUT2D eigenvalue weighted by atomic mass is 35.5. The van der Waals surface area contributed by atoms with E-state index < -0.39 is 34.9 Å². The highest BCUT2D eigenvalue weighted by molar-refractivity contribution is 6.24. The predicted octanol–water partition coefficient (Wildman–Crippen LogP) is 3.75. The minimum Gasteiger partial charge on any atom is -0.251 e. The van der Waals surface area contributed by atoms with Crippen molar-refractivity contribution in [2.75, 3.05) is 0 Å². The van der Waals surface area contributed by atoms with Crippen molar-refractivity contribution in [3.05, 3.63) is 48.3 Å². The molecule has 2 aromatic rings. The van der Waals surface area contributed by atoms with E-state index in [1.54, 1.807) is 0 Å². The van der Waals surface area contributed by atoms with Crippen LogP contribution in [0.15, 0.2) is 36.9 Å². The van der Waals surface area contributed by atoms with Gasteiger partial charge in [-0.3, -0.25) is 4.68 Å². The fourth-order valence-corrected chi connectivity index (χ4v) is 2.20. The summed E-state index contributed by atoms with van der Waals surface area (Å²) in [4.78, 5) is 0.264. The van der Waals surface area contributed by atoms with E-state index in [1.807, 2.05) is 0 Å². The topological polar surface area (TPSA) is 30.7 Å². The van der Waals surface area contributed by atoms with Crippen LogP contribution in [0.25, 0.3) is 0 Å². The normalized spacial score (nSPS) is 15.6. The second-order valence-electron chi connectivity index (χ2n) is 4.47. The molecule has 22 heavy (non-hydrogen) atoms. The summed E-state index contributed by atoms with van der Waals surface area (Å²) in [5.41, 5.74) is -0.589. The second kappa shape index (κ2) is 5.45. The van der Waals surface area contributed by atoms with Gasteiger partial charge in [0.25, 0.3) is 0 Å². The number of alkyl halides is 6. The van der Waals surface area contributed by atoms with Crippen LogP contribution in [0.1, 0.15) is 5.56 Å². The molecule has 3 nitrogen and oxygen atoms in total. The van der Waals surface area contributed by atoms with Gasteiger partial charge in [-0.2, -0.15) is 27.1 Å². The first-order chi connectivity index (χ1) is 10.1. The second-order valence-corrected chi connectivity index (χ2v) is 5.12. The molecule has 0 fully saturated rings. The monoisotopic (exact) mass is 343 g/mol. The Morgan fingerprint density at radius 1 is 1.05 bits per heavy atom. The minimum absolute atomic E-state index is 0.589. The predicted molar refractivity (Wildman–Crippen MR) is 65.0 cm³/mol. The Hall–Kier alpha value is -1.77. The fourth-order valence-electron chi connectivity index (χ4n) is 1.85. The van der Waals surface area contributed by atoms with Crippen molar-refractivity contribution < 1.29 is 26.3 Å². The molecule has 0 bridgehead atoms. The summed E-state index contributed by atoms with van der Waals surface area (Å²) >= 11 is 5.70. The molecule has 1 heterocycles. The van der Waals surface area contributed by atoms with E-state index in [0.717, 1.165) is 41.6 Å². The summed E-state index contributed by atoms with van der Waals surface area (Å²) in [6.07, 6.45) is -3.98. The van der Waals surface area contributed by atoms with Gasteiger partial charge in [-0.15, -0.1) is 11.6 Å². The van der Waals surface area contributed by atoms with Crippen LogP contribution in [-0.2, 0) is 11.4 Å². The molecule has 2 rings (SSSR count). The summed E-state index contributed by atoms with van der Waals surface area (Å²) < 4.78 is 79.8. The van der Waals surface area contributed by atoms with E-state index in [4.69, 9.17) is 11.6 Å². The van der Waals surface area contributed by atoms with Gasteiger partial charge in [-0.1, -0.05) is 12.1 Å². The van der Waals surface area contributed by atoms with Crippen LogP contribution in [0.3, 0.4) is 0 Å². The molecule has 1 aromatic heterocycles. The zero-order valence-corrected chi connectivity index (χ0v) is 11.4. The highest BCUT2D eigenvalue weighted by Gasteiger charge is 2.70. The number of rotatable bonds is 4. The van der Waals surface area contributed by atoms with Crippen LogP contribution in [0.2, 0.25) is 0 Å². The largest absolute Gasteiger partial charge is 0.455 e. The molecular weight excluding hydrogens is 336 g/mol. The van der Waals surface area contributed by atoms with E-state index in [2.05, 4.69) is 10.1 Å². The van der Waals surface area contributed by atoms with Gasteiger partial charge in [0.2, 0.25) is 0 Å². The zero-order chi connectivity index (χ0) is 16.6. The number of hydrogen-bond donors (Lipinski definition) is 0. The van der Waals surface area contributed by atoms with E-state index in [1.165, 1.54) is 0 Å². The van der Waals surface area contributed by atoms with Crippen LogP contribution < -0.4 is 0 Å². The maximum absolute atomic E-state index is 13.9. The Morgan fingerprint density at radius 2 is 1.64 bits per heavy atom. The van der Waals surface area contributed by atoms with Gasteiger partial charge in [0.1, 0.15) is 18.5 Å². The molecule has 1 unspecified atom stereocenters. The maximum Gasteiger partial charge on any atom is 0.455 e. The van der Waals surface area contributed by atoms with Crippen molar-refractivity contribution in [2.24, 2.45) is 0 Å². The van der Waals surface area contributed by atoms with Crippen molar-refractivity contribution in [2.45, 2.75) is 23.5 Å². The molecule has 120 valence electrons. The van der Waals surface area contributed by atoms with Crippen LogP contribution in [0, 0.1) is 5.82 Å². The number of aromatic nitrogens is 3. The number of nitrogens with zero attached hydrogens (tertiary/aromatic N) is 3. The standard InChI is InChI=1S/C12H8ClF6N3/c13-10(5-22-7-20-6-21-22,11(15,16)12(17,18)19)8-1-3-9(14)4-2-8/h1-4,6-7H,5H2. The SMILES string of the molecule is Fc1ccc(C(Cl)(Cn2cncn2)C(F)(F)C(F)(F)F)cc1. The summed E-state index contributed by atoms with van der Waals surface area (Å²) in [6, 6.07) is 3.05. The van der Waals surface area contributed by atoms with Gasteiger partial charge in [-0.25, -0.2) is 9.37 Å². The third kappa shape index (κ3) is 2.77. The lowest BCUT2D eigenvalue weighted by Crippen LogP contribution is -2.53. The molecule has 0 aliphatic rings. The number of halogens is 7. The molecule has 0 aliphatic heterocycles.